The molecule has 0 aliphatic heterocycles. The first-order chi connectivity index (χ1) is 11.0. The van der Waals surface area contributed by atoms with E-state index >= 15 is 0 Å². The van der Waals surface area contributed by atoms with Crippen LogP contribution in [0.25, 0.3) is 0 Å². The second kappa shape index (κ2) is 8.09. The molecule has 0 aliphatic rings. The van der Waals surface area contributed by atoms with Crippen LogP contribution in [0, 0.1) is 6.92 Å². The molecule has 23 heavy (non-hydrogen) atoms. The molecular weight excluding hydrogens is 337 g/mol. The van der Waals surface area contributed by atoms with Crippen LogP contribution in [0.5, 0.6) is 5.75 Å². The van der Waals surface area contributed by atoms with E-state index in [2.05, 4.69) is 5.32 Å². The van der Waals surface area contributed by atoms with Crippen LogP contribution in [0.4, 0.5) is 5.69 Å². The van der Waals surface area contributed by atoms with E-state index in [1.807, 2.05) is 19.1 Å². The fourth-order valence-corrected chi connectivity index (χ4v) is 2.44. The number of halogens is 2. The minimum atomic E-state index is -0.380. The lowest BCUT2D eigenvalue weighted by Crippen LogP contribution is -2.15. The second-order valence-corrected chi connectivity index (χ2v) is 5.68. The number of esters is 1. The molecule has 0 saturated carbocycles. The molecule has 2 aromatic carbocycles. The Morgan fingerprint density at radius 1 is 1.22 bits per heavy atom. The number of hydrogen-bond donors (Lipinski definition) is 1. The van der Waals surface area contributed by atoms with Crippen molar-refractivity contribution in [1.29, 1.82) is 0 Å². The van der Waals surface area contributed by atoms with Gasteiger partial charge < -0.3 is 14.8 Å². The molecule has 0 aromatic heterocycles. The molecule has 0 bridgehead atoms. The van der Waals surface area contributed by atoms with Crippen molar-refractivity contribution in [2.45, 2.75) is 6.92 Å². The molecule has 0 unspecified atom stereocenters. The van der Waals surface area contributed by atoms with Gasteiger partial charge in [0.05, 0.1) is 23.4 Å². The van der Waals surface area contributed by atoms with Crippen LogP contribution in [-0.2, 0) is 4.74 Å². The van der Waals surface area contributed by atoms with E-state index < -0.39 is 0 Å². The summed E-state index contributed by atoms with van der Waals surface area (Å²) in [6.45, 7) is 2.79. The highest BCUT2D eigenvalue weighted by Gasteiger charge is 2.13. The van der Waals surface area contributed by atoms with E-state index in [9.17, 15) is 4.79 Å². The smallest absolute Gasteiger partial charge is 0.339 e. The Kier molecular flexibility index (Phi) is 6.13. The number of ether oxygens (including phenoxy) is 2. The highest BCUT2D eigenvalue weighted by molar-refractivity contribution is 6.34. The summed E-state index contributed by atoms with van der Waals surface area (Å²) in [5.41, 5.74) is 2.18. The van der Waals surface area contributed by atoms with Gasteiger partial charge in [0.2, 0.25) is 0 Å². The van der Waals surface area contributed by atoms with Gasteiger partial charge in [-0.3, -0.25) is 0 Å². The number of methoxy groups -OCH3 is 1. The lowest BCUT2D eigenvalue weighted by molar-refractivity contribution is 0.0601. The maximum Gasteiger partial charge on any atom is 0.339 e. The van der Waals surface area contributed by atoms with Crippen molar-refractivity contribution < 1.29 is 14.3 Å². The van der Waals surface area contributed by atoms with Crippen molar-refractivity contribution in [3.63, 3.8) is 0 Å². The number of carbonyl (C=O) groups is 1. The molecule has 0 spiro atoms. The lowest BCUT2D eigenvalue weighted by Gasteiger charge is -2.14. The monoisotopic (exact) mass is 353 g/mol. The van der Waals surface area contributed by atoms with Gasteiger partial charge in [-0.2, -0.15) is 0 Å². The Morgan fingerprint density at radius 2 is 2.00 bits per heavy atom. The molecule has 6 heteroatoms. The Bertz CT molecular complexity index is 704. The summed E-state index contributed by atoms with van der Waals surface area (Å²) in [7, 11) is 1.36. The molecule has 0 aliphatic carbocycles. The number of benzene rings is 2. The highest BCUT2D eigenvalue weighted by Crippen LogP contribution is 2.27. The standard InChI is InChI=1S/C17H17Cl2NO3/c1-11-4-3-5-13(17(21)22-2)16(11)20-8-9-23-15-10-12(18)6-7-14(15)19/h3-7,10,20H,8-9H2,1-2H3. The van der Waals surface area contributed by atoms with Gasteiger partial charge >= 0.3 is 5.97 Å². The average Bonchev–Trinajstić information content (AvgIpc) is 2.54. The van der Waals surface area contributed by atoms with Crippen molar-refractivity contribution in [3.05, 3.63) is 57.6 Å². The third-order valence-electron chi connectivity index (χ3n) is 3.23. The molecule has 0 fully saturated rings. The van der Waals surface area contributed by atoms with Gasteiger partial charge in [-0.1, -0.05) is 35.3 Å². The SMILES string of the molecule is COC(=O)c1cccc(C)c1NCCOc1cc(Cl)ccc1Cl. The topological polar surface area (TPSA) is 47.6 Å². The summed E-state index contributed by atoms with van der Waals surface area (Å²) < 4.78 is 10.4. The summed E-state index contributed by atoms with van der Waals surface area (Å²) in [6, 6.07) is 10.5. The summed E-state index contributed by atoms with van der Waals surface area (Å²) in [6.07, 6.45) is 0. The zero-order chi connectivity index (χ0) is 16.8. The van der Waals surface area contributed by atoms with Crippen molar-refractivity contribution >= 4 is 34.9 Å². The van der Waals surface area contributed by atoms with Crippen molar-refractivity contribution in [3.8, 4) is 5.75 Å². The molecule has 2 aromatic rings. The van der Waals surface area contributed by atoms with E-state index in [0.29, 0.717) is 34.5 Å². The van der Waals surface area contributed by atoms with Crippen LogP contribution in [0.2, 0.25) is 10.0 Å². The molecular formula is C17H17Cl2NO3. The predicted octanol–water partition coefficient (Wildman–Crippen LogP) is 4.58. The number of para-hydroxylation sites is 1. The minimum Gasteiger partial charge on any atom is -0.490 e. The summed E-state index contributed by atoms with van der Waals surface area (Å²) in [4.78, 5) is 11.8. The van der Waals surface area contributed by atoms with E-state index in [-0.39, 0.29) is 5.97 Å². The van der Waals surface area contributed by atoms with Crippen molar-refractivity contribution in [2.75, 3.05) is 25.6 Å². The minimum absolute atomic E-state index is 0.370. The molecule has 1 N–H and O–H groups in total. The third kappa shape index (κ3) is 4.53. The van der Waals surface area contributed by atoms with Gasteiger partial charge in [-0.05, 0) is 30.7 Å². The molecule has 0 radical (unpaired) electrons. The predicted molar refractivity (Wildman–Crippen MR) is 93.0 cm³/mol. The van der Waals surface area contributed by atoms with Crippen LogP contribution >= 0.6 is 23.2 Å². The Balaban J connectivity index is 1.99. The van der Waals surface area contributed by atoms with Crippen molar-refractivity contribution in [1.82, 2.24) is 0 Å². The van der Waals surface area contributed by atoms with E-state index in [4.69, 9.17) is 32.7 Å². The molecule has 4 nitrogen and oxygen atoms in total. The van der Waals surface area contributed by atoms with E-state index in [1.54, 1.807) is 24.3 Å². The molecule has 2 rings (SSSR count). The van der Waals surface area contributed by atoms with Crippen LogP contribution < -0.4 is 10.1 Å². The molecule has 0 heterocycles. The summed E-state index contributed by atoms with van der Waals surface area (Å²) >= 11 is 11.9. The molecule has 0 atom stereocenters. The third-order valence-corrected chi connectivity index (χ3v) is 3.78. The van der Waals surface area contributed by atoms with Gasteiger partial charge in [-0.15, -0.1) is 0 Å². The number of carbonyl (C=O) groups excluding carboxylic acids is 1. The Labute approximate surface area is 145 Å². The number of aryl methyl sites for hydroxylation is 1. The van der Waals surface area contributed by atoms with Crippen LogP contribution in [0.3, 0.4) is 0 Å². The maximum atomic E-state index is 11.8. The fraction of sp³-hybridized carbons (Fsp3) is 0.235. The first-order valence-electron chi connectivity index (χ1n) is 7.02. The average molecular weight is 354 g/mol. The number of hydrogen-bond acceptors (Lipinski definition) is 4. The van der Waals surface area contributed by atoms with Gasteiger partial charge in [0.25, 0.3) is 0 Å². The normalized spacial score (nSPS) is 10.3. The first kappa shape index (κ1) is 17.4. The van der Waals surface area contributed by atoms with Crippen LogP contribution in [0.1, 0.15) is 15.9 Å². The van der Waals surface area contributed by atoms with E-state index in [1.165, 1.54) is 7.11 Å². The lowest BCUT2D eigenvalue weighted by atomic mass is 10.1. The maximum absolute atomic E-state index is 11.8. The summed E-state index contributed by atoms with van der Waals surface area (Å²) in [5.74, 6) is 0.147. The largest absolute Gasteiger partial charge is 0.490 e. The van der Waals surface area contributed by atoms with Crippen LogP contribution in [-0.4, -0.2) is 26.2 Å². The first-order valence-corrected chi connectivity index (χ1v) is 7.78. The zero-order valence-electron chi connectivity index (χ0n) is 12.9. The molecule has 0 amide bonds. The number of anilines is 1. The van der Waals surface area contributed by atoms with Gasteiger partial charge in [0.15, 0.2) is 0 Å². The van der Waals surface area contributed by atoms with Gasteiger partial charge in [0.1, 0.15) is 12.4 Å². The number of rotatable bonds is 6. The van der Waals surface area contributed by atoms with Crippen LogP contribution in [0.15, 0.2) is 36.4 Å². The van der Waals surface area contributed by atoms with Gasteiger partial charge in [0, 0.05) is 17.6 Å². The fourth-order valence-electron chi connectivity index (χ4n) is 2.11. The van der Waals surface area contributed by atoms with E-state index in [0.717, 1.165) is 11.3 Å². The highest BCUT2D eigenvalue weighted by atomic mass is 35.5. The second-order valence-electron chi connectivity index (χ2n) is 4.84. The van der Waals surface area contributed by atoms with Gasteiger partial charge in [-0.25, -0.2) is 4.79 Å². The molecule has 0 saturated heterocycles. The quantitative estimate of drug-likeness (QED) is 0.609. The Hall–Kier alpha value is -1.91. The zero-order valence-corrected chi connectivity index (χ0v) is 14.4. The number of nitrogens with one attached hydrogen (secondary N) is 1. The molecule has 122 valence electrons. The Morgan fingerprint density at radius 3 is 2.74 bits per heavy atom. The summed E-state index contributed by atoms with van der Waals surface area (Å²) in [5, 5.41) is 4.26. The van der Waals surface area contributed by atoms with Crippen molar-refractivity contribution in [2.24, 2.45) is 0 Å².